The second-order valence-electron chi connectivity index (χ2n) is 5.37. The average molecular weight is 312 g/mol. The smallest absolute Gasteiger partial charge is 0.310 e. The van der Waals surface area contributed by atoms with E-state index in [2.05, 4.69) is 10.2 Å². The molecule has 1 aliphatic heterocycles. The van der Waals surface area contributed by atoms with Gasteiger partial charge in [0.1, 0.15) is 11.8 Å². The molecule has 8 heteroatoms. The number of hydrogen-bond donors (Lipinski definition) is 2. The van der Waals surface area contributed by atoms with Gasteiger partial charge in [-0.2, -0.15) is 0 Å². The van der Waals surface area contributed by atoms with E-state index in [1.165, 1.54) is 6.08 Å². The van der Waals surface area contributed by atoms with E-state index in [1.807, 2.05) is 6.92 Å². The molecule has 1 saturated heterocycles. The number of hydrogen-bond acceptors (Lipinski definition) is 7. The van der Waals surface area contributed by atoms with E-state index in [-0.39, 0.29) is 0 Å². The first-order chi connectivity index (χ1) is 10.6. The van der Waals surface area contributed by atoms with Gasteiger partial charge >= 0.3 is 5.66 Å². The topological polar surface area (TPSA) is 103 Å². The summed E-state index contributed by atoms with van der Waals surface area (Å²) in [7, 11) is 0. The van der Waals surface area contributed by atoms with E-state index in [4.69, 9.17) is 15.2 Å². The van der Waals surface area contributed by atoms with Crippen LogP contribution in [-0.4, -0.2) is 67.5 Å². The molecule has 0 spiro atoms. The molecule has 3 N–H and O–H groups in total. The first-order valence-electron chi connectivity index (χ1n) is 7.57. The number of nitrogens with two attached hydrogens (primary N) is 1. The molecule has 2 rings (SSSR count). The summed E-state index contributed by atoms with van der Waals surface area (Å²) in [6, 6.07) is -0.602. The Morgan fingerprint density at radius 3 is 2.95 bits per heavy atom. The molecule has 0 aromatic heterocycles. The maximum atomic E-state index is 11.3. The fourth-order valence-electron chi connectivity index (χ4n) is 2.54. The molecular weight excluding hydrogens is 288 g/mol. The van der Waals surface area contributed by atoms with E-state index in [9.17, 15) is 10.1 Å². The van der Waals surface area contributed by atoms with Crippen LogP contribution >= 0.6 is 0 Å². The molecule has 124 valence electrons. The number of nitro groups is 1. The SMILES string of the molecule is CCOC1=CC(NCCN2CCOCC2)C(N)([N+](=O)[O-])C=C1. The molecule has 0 saturated carbocycles. The van der Waals surface area contributed by atoms with Crippen molar-refractivity contribution in [3.63, 3.8) is 0 Å². The van der Waals surface area contributed by atoms with Gasteiger partial charge in [-0.3, -0.25) is 20.7 Å². The summed E-state index contributed by atoms with van der Waals surface area (Å²) in [4.78, 5) is 13.1. The third-order valence-electron chi connectivity index (χ3n) is 3.87. The summed E-state index contributed by atoms with van der Waals surface area (Å²) in [5, 5.41) is 14.5. The lowest BCUT2D eigenvalue weighted by Crippen LogP contribution is -2.62. The number of morpholine rings is 1. The van der Waals surface area contributed by atoms with Gasteiger partial charge in [0.15, 0.2) is 0 Å². The zero-order valence-corrected chi connectivity index (χ0v) is 12.9. The van der Waals surface area contributed by atoms with E-state index >= 15 is 0 Å². The molecule has 1 fully saturated rings. The summed E-state index contributed by atoms with van der Waals surface area (Å²) in [5.41, 5.74) is 4.29. The Morgan fingerprint density at radius 1 is 1.59 bits per heavy atom. The average Bonchev–Trinajstić information content (AvgIpc) is 2.51. The third kappa shape index (κ3) is 4.04. The molecule has 0 aromatic carbocycles. The second-order valence-corrected chi connectivity index (χ2v) is 5.37. The molecule has 0 bridgehead atoms. The lowest BCUT2D eigenvalue weighted by molar-refractivity contribution is -0.557. The molecule has 1 aliphatic carbocycles. The molecule has 22 heavy (non-hydrogen) atoms. The Labute approximate surface area is 130 Å². The van der Waals surface area contributed by atoms with Crippen molar-refractivity contribution in [3.8, 4) is 0 Å². The van der Waals surface area contributed by atoms with Gasteiger partial charge in [0.2, 0.25) is 0 Å². The largest absolute Gasteiger partial charge is 0.494 e. The zero-order valence-electron chi connectivity index (χ0n) is 12.9. The molecule has 0 amide bonds. The van der Waals surface area contributed by atoms with Crippen LogP contribution in [0, 0.1) is 10.1 Å². The molecule has 1 heterocycles. The molecule has 2 aliphatic rings. The van der Waals surface area contributed by atoms with Crippen molar-refractivity contribution < 1.29 is 14.4 Å². The van der Waals surface area contributed by atoms with Crippen LogP contribution in [0.4, 0.5) is 0 Å². The van der Waals surface area contributed by atoms with Gasteiger partial charge in [-0.25, -0.2) is 0 Å². The number of nitrogens with one attached hydrogen (secondary N) is 1. The highest BCUT2D eigenvalue weighted by Gasteiger charge is 2.45. The number of nitrogens with zero attached hydrogens (tertiary/aromatic N) is 2. The van der Waals surface area contributed by atoms with Crippen LogP contribution in [0.5, 0.6) is 0 Å². The minimum atomic E-state index is -1.65. The van der Waals surface area contributed by atoms with Crippen molar-refractivity contribution >= 4 is 0 Å². The number of rotatable bonds is 7. The fraction of sp³-hybridized carbons (Fsp3) is 0.714. The van der Waals surface area contributed by atoms with Gasteiger partial charge in [-0.05, 0) is 19.1 Å². The Balaban J connectivity index is 1.94. The first kappa shape index (κ1) is 16.9. The monoisotopic (exact) mass is 312 g/mol. The maximum Gasteiger partial charge on any atom is 0.310 e. The lowest BCUT2D eigenvalue weighted by Gasteiger charge is -2.31. The van der Waals surface area contributed by atoms with E-state index < -0.39 is 16.6 Å². The summed E-state index contributed by atoms with van der Waals surface area (Å²) < 4.78 is 10.7. The van der Waals surface area contributed by atoms with Crippen LogP contribution in [0.25, 0.3) is 0 Å². The van der Waals surface area contributed by atoms with Crippen molar-refractivity contribution in [2.75, 3.05) is 46.0 Å². The second kappa shape index (κ2) is 7.68. The van der Waals surface area contributed by atoms with Crippen LogP contribution in [0.1, 0.15) is 6.92 Å². The zero-order chi connectivity index (χ0) is 16.0. The van der Waals surface area contributed by atoms with Gasteiger partial charge in [0.25, 0.3) is 0 Å². The minimum absolute atomic E-state index is 0.463. The van der Waals surface area contributed by atoms with Crippen molar-refractivity contribution in [1.29, 1.82) is 0 Å². The number of allylic oxidation sites excluding steroid dienone is 1. The Hall–Kier alpha value is -1.48. The van der Waals surface area contributed by atoms with Crippen molar-refractivity contribution in [3.05, 3.63) is 34.1 Å². The van der Waals surface area contributed by atoms with Crippen LogP contribution in [0.15, 0.2) is 24.0 Å². The summed E-state index contributed by atoms with van der Waals surface area (Å²) in [6.07, 6.45) is 4.64. The van der Waals surface area contributed by atoms with Crippen molar-refractivity contribution in [2.24, 2.45) is 5.73 Å². The highest BCUT2D eigenvalue weighted by Crippen LogP contribution is 2.20. The highest BCUT2D eigenvalue weighted by atomic mass is 16.6. The van der Waals surface area contributed by atoms with Crippen molar-refractivity contribution in [1.82, 2.24) is 10.2 Å². The highest BCUT2D eigenvalue weighted by molar-refractivity contribution is 5.28. The van der Waals surface area contributed by atoms with Crippen LogP contribution in [0.3, 0.4) is 0 Å². The molecule has 2 atom stereocenters. The lowest BCUT2D eigenvalue weighted by atomic mass is 9.95. The van der Waals surface area contributed by atoms with E-state index in [0.29, 0.717) is 18.9 Å². The van der Waals surface area contributed by atoms with E-state index in [0.717, 1.165) is 32.8 Å². The minimum Gasteiger partial charge on any atom is -0.494 e. The van der Waals surface area contributed by atoms with Crippen LogP contribution in [0.2, 0.25) is 0 Å². The Kier molecular flexibility index (Phi) is 5.90. The standard InChI is InChI=1S/C14H24N4O4/c1-2-22-12-3-4-14(15,18(19)20)13(11-12)16-5-6-17-7-9-21-10-8-17/h3-4,11,13,16H,2,5-10,15H2,1H3. The van der Waals surface area contributed by atoms with Gasteiger partial charge in [0, 0.05) is 37.2 Å². The van der Waals surface area contributed by atoms with Gasteiger partial charge in [0.05, 0.1) is 19.8 Å². The molecular formula is C14H24N4O4. The Bertz CT molecular complexity index is 448. The van der Waals surface area contributed by atoms with E-state index in [1.54, 1.807) is 12.2 Å². The Morgan fingerprint density at radius 2 is 2.32 bits per heavy atom. The number of ether oxygens (including phenoxy) is 2. The first-order valence-corrected chi connectivity index (χ1v) is 7.57. The summed E-state index contributed by atoms with van der Waals surface area (Å²) in [6.45, 7) is 7.02. The molecule has 0 radical (unpaired) electrons. The normalized spacial score (nSPS) is 29.2. The quantitative estimate of drug-likeness (QED) is 0.378. The van der Waals surface area contributed by atoms with Crippen LogP contribution in [-0.2, 0) is 9.47 Å². The molecule has 8 nitrogen and oxygen atoms in total. The summed E-state index contributed by atoms with van der Waals surface area (Å²) in [5.74, 6) is 0.606. The predicted octanol–water partition coefficient (Wildman–Crippen LogP) is -0.301. The van der Waals surface area contributed by atoms with Gasteiger partial charge < -0.3 is 14.8 Å². The summed E-state index contributed by atoms with van der Waals surface area (Å²) >= 11 is 0. The predicted molar refractivity (Wildman–Crippen MR) is 81.8 cm³/mol. The maximum absolute atomic E-state index is 11.3. The van der Waals surface area contributed by atoms with Gasteiger partial charge in [-0.15, -0.1) is 0 Å². The van der Waals surface area contributed by atoms with Gasteiger partial charge in [-0.1, -0.05) is 0 Å². The molecule has 2 unspecified atom stereocenters. The third-order valence-corrected chi connectivity index (χ3v) is 3.87. The molecule has 0 aromatic rings. The fourth-order valence-corrected chi connectivity index (χ4v) is 2.54. The van der Waals surface area contributed by atoms with Crippen LogP contribution < -0.4 is 11.1 Å². The van der Waals surface area contributed by atoms with Crippen molar-refractivity contribution in [2.45, 2.75) is 18.6 Å².